The van der Waals surface area contributed by atoms with Crippen LogP contribution in [0.4, 0.5) is 0 Å². The molecule has 25 heavy (non-hydrogen) atoms. The molecule has 2 heterocycles. The number of carbonyl (C=O) groups excluding carboxylic acids is 2. The van der Waals surface area contributed by atoms with Crippen molar-refractivity contribution in [2.45, 2.75) is 36.4 Å². The molecule has 0 radical (unpaired) electrons. The Morgan fingerprint density at radius 2 is 2.00 bits per heavy atom. The van der Waals surface area contributed by atoms with Crippen LogP contribution in [-0.4, -0.2) is 61.7 Å². The Labute approximate surface area is 145 Å². The van der Waals surface area contributed by atoms with Gasteiger partial charge in [-0.15, -0.1) is 0 Å². The molecule has 2 aliphatic rings. The van der Waals surface area contributed by atoms with Crippen LogP contribution in [-0.2, 0) is 29.1 Å². The second-order valence-corrected chi connectivity index (χ2v) is 8.02. The number of aryl methyl sites for hydroxylation is 1. The fraction of sp³-hybridized carbons (Fsp3) is 0.500. The molecule has 0 bridgehead atoms. The van der Waals surface area contributed by atoms with Gasteiger partial charge in [-0.3, -0.25) is 9.59 Å². The molecule has 3 rings (SSSR count). The van der Waals surface area contributed by atoms with Crippen LogP contribution in [0.25, 0.3) is 0 Å². The number of cyclic esters (lactones) is 1. The van der Waals surface area contributed by atoms with E-state index in [1.54, 1.807) is 12.1 Å². The zero-order chi connectivity index (χ0) is 18.4. The lowest BCUT2D eigenvalue weighted by atomic mass is 9.99. The summed E-state index contributed by atoms with van der Waals surface area (Å²) in [4.78, 5) is 24.2. The molecule has 0 saturated carbocycles. The van der Waals surface area contributed by atoms with E-state index >= 15 is 0 Å². The standard InChI is InChI=1S/C16H19NO7S/c1-9-3-5-10(6-4-9)25(21,22)17-12(16(20)23-2)7-11-14(17)13(8-18)24-15(11)19/h3-6,11-14,18H,7-8H2,1-2H3/t11-,12-,13?,14+/m0/s1. The molecule has 0 amide bonds. The Hall–Kier alpha value is -1.97. The Balaban J connectivity index is 2.09. The number of carbonyl (C=O) groups is 2. The number of ether oxygens (including phenoxy) is 2. The Bertz CT molecular complexity index is 789. The summed E-state index contributed by atoms with van der Waals surface area (Å²) in [6.45, 7) is 1.30. The van der Waals surface area contributed by atoms with Gasteiger partial charge in [-0.25, -0.2) is 8.42 Å². The number of benzene rings is 1. The summed E-state index contributed by atoms with van der Waals surface area (Å²) in [6, 6.07) is 4.11. The molecule has 1 N–H and O–H groups in total. The monoisotopic (exact) mass is 369 g/mol. The predicted molar refractivity (Wildman–Crippen MR) is 84.9 cm³/mol. The van der Waals surface area contributed by atoms with Gasteiger partial charge < -0.3 is 14.6 Å². The summed E-state index contributed by atoms with van der Waals surface area (Å²) in [6.07, 6.45) is -1.04. The zero-order valence-electron chi connectivity index (χ0n) is 13.8. The Morgan fingerprint density at radius 1 is 1.36 bits per heavy atom. The van der Waals surface area contributed by atoms with Gasteiger partial charge >= 0.3 is 11.9 Å². The van der Waals surface area contributed by atoms with Gasteiger partial charge in [0.05, 0.1) is 30.6 Å². The van der Waals surface area contributed by atoms with E-state index in [9.17, 15) is 23.1 Å². The molecule has 1 aromatic rings. The van der Waals surface area contributed by atoms with Crippen LogP contribution < -0.4 is 0 Å². The molecule has 0 aromatic heterocycles. The number of aliphatic hydroxyl groups is 1. The molecule has 2 fully saturated rings. The molecule has 1 aromatic carbocycles. The molecule has 4 atom stereocenters. The van der Waals surface area contributed by atoms with Crippen molar-refractivity contribution in [3.63, 3.8) is 0 Å². The third-order valence-corrected chi connectivity index (χ3v) is 6.61. The summed E-state index contributed by atoms with van der Waals surface area (Å²) in [5.41, 5.74) is 0.885. The van der Waals surface area contributed by atoms with Crippen LogP contribution in [0.5, 0.6) is 0 Å². The molecule has 0 aliphatic carbocycles. The van der Waals surface area contributed by atoms with Gasteiger partial charge in [-0.05, 0) is 25.5 Å². The molecule has 2 saturated heterocycles. The van der Waals surface area contributed by atoms with Crippen molar-refractivity contribution >= 4 is 22.0 Å². The number of esters is 2. The normalized spacial score (nSPS) is 29.3. The fourth-order valence-electron chi connectivity index (χ4n) is 3.48. The first-order valence-corrected chi connectivity index (χ1v) is 9.24. The number of rotatable bonds is 4. The lowest BCUT2D eigenvalue weighted by Gasteiger charge is -2.29. The second kappa shape index (κ2) is 6.40. The maximum atomic E-state index is 13.2. The van der Waals surface area contributed by atoms with Gasteiger partial charge in [0, 0.05) is 0 Å². The number of fused-ring (bicyclic) bond motifs is 1. The van der Waals surface area contributed by atoms with Gasteiger partial charge in [0.1, 0.15) is 12.1 Å². The molecular formula is C16H19NO7S. The second-order valence-electron chi connectivity index (χ2n) is 6.18. The zero-order valence-corrected chi connectivity index (χ0v) is 14.6. The van der Waals surface area contributed by atoms with Crippen LogP contribution in [0, 0.1) is 12.8 Å². The quantitative estimate of drug-likeness (QED) is 0.734. The third-order valence-electron chi connectivity index (χ3n) is 4.69. The third kappa shape index (κ3) is 2.82. The summed E-state index contributed by atoms with van der Waals surface area (Å²) in [5.74, 6) is -2.16. The molecule has 9 heteroatoms. The topological polar surface area (TPSA) is 110 Å². The summed E-state index contributed by atoms with van der Waals surface area (Å²) in [5, 5.41) is 9.49. The van der Waals surface area contributed by atoms with Gasteiger partial charge in [0.15, 0.2) is 0 Å². The van der Waals surface area contributed by atoms with Crippen molar-refractivity contribution in [1.29, 1.82) is 0 Å². The van der Waals surface area contributed by atoms with Crippen LogP contribution in [0.3, 0.4) is 0 Å². The average molecular weight is 369 g/mol. The van der Waals surface area contributed by atoms with E-state index in [-0.39, 0.29) is 11.3 Å². The lowest BCUT2D eigenvalue weighted by molar-refractivity contribution is -0.148. The minimum atomic E-state index is -4.09. The fourth-order valence-corrected chi connectivity index (χ4v) is 5.31. The van der Waals surface area contributed by atoms with Crippen LogP contribution in [0.1, 0.15) is 12.0 Å². The van der Waals surface area contributed by atoms with Gasteiger partial charge in [0.2, 0.25) is 10.0 Å². The minimum Gasteiger partial charge on any atom is -0.468 e. The van der Waals surface area contributed by atoms with Crippen molar-refractivity contribution in [1.82, 2.24) is 4.31 Å². The largest absolute Gasteiger partial charge is 0.468 e. The highest BCUT2D eigenvalue weighted by Gasteiger charge is 2.60. The van der Waals surface area contributed by atoms with Crippen molar-refractivity contribution in [2.24, 2.45) is 5.92 Å². The molecular weight excluding hydrogens is 350 g/mol. The van der Waals surface area contributed by atoms with Crippen LogP contribution in [0.15, 0.2) is 29.2 Å². The first-order valence-electron chi connectivity index (χ1n) is 7.80. The van der Waals surface area contributed by atoms with E-state index in [0.717, 1.165) is 17.0 Å². The summed E-state index contributed by atoms with van der Waals surface area (Å²) in [7, 11) is -2.93. The van der Waals surface area contributed by atoms with Crippen molar-refractivity contribution in [3.05, 3.63) is 29.8 Å². The molecule has 1 unspecified atom stereocenters. The predicted octanol–water partition coefficient (Wildman–Crippen LogP) is -0.166. The number of nitrogens with zero attached hydrogens (tertiary/aromatic N) is 1. The molecule has 0 spiro atoms. The van der Waals surface area contributed by atoms with Gasteiger partial charge in [-0.2, -0.15) is 4.31 Å². The maximum Gasteiger partial charge on any atom is 0.324 e. The van der Waals surface area contributed by atoms with Crippen molar-refractivity contribution in [3.8, 4) is 0 Å². The van der Waals surface area contributed by atoms with E-state index < -0.39 is 52.7 Å². The number of sulfonamides is 1. The Kier molecular flexibility index (Phi) is 4.56. The first kappa shape index (κ1) is 17.8. The SMILES string of the molecule is COC(=O)[C@@H]1C[C@@H]2C(=O)OC(CO)[C@@H]2N1S(=O)(=O)c1ccc(C)cc1. The van der Waals surface area contributed by atoms with E-state index in [0.29, 0.717) is 0 Å². The summed E-state index contributed by atoms with van der Waals surface area (Å²) >= 11 is 0. The maximum absolute atomic E-state index is 13.2. The van der Waals surface area contributed by atoms with E-state index in [1.165, 1.54) is 12.1 Å². The lowest BCUT2D eigenvalue weighted by Crippen LogP contribution is -2.50. The van der Waals surface area contributed by atoms with E-state index in [4.69, 9.17) is 9.47 Å². The number of hydrogen-bond acceptors (Lipinski definition) is 7. The smallest absolute Gasteiger partial charge is 0.324 e. The van der Waals surface area contributed by atoms with Crippen LogP contribution >= 0.6 is 0 Å². The average Bonchev–Trinajstić information content (AvgIpc) is 3.13. The minimum absolute atomic E-state index is 0.00342. The first-order chi connectivity index (χ1) is 11.8. The number of aliphatic hydroxyl groups excluding tert-OH is 1. The highest BCUT2D eigenvalue weighted by molar-refractivity contribution is 7.89. The molecule has 136 valence electrons. The number of hydrogen-bond donors (Lipinski definition) is 1. The Morgan fingerprint density at radius 3 is 2.56 bits per heavy atom. The van der Waals surface area contributed by atoms with Gasteiger partial charge in [0.25, 0.3) is 0 Å². The van der Waals surface area contributed by atoms with E-state index in [2.05, 4.69) is 0 Å². The highest BCUT2D eigenvalue weighted by Crippen LogP contribution is 2.42. The number of methoxy groups -OCH3 is 1. The molecule has 2 aliphatic heterocycles. The van der Waals surface area contributed by atoms with E-state index in [1.807, 2.05) is 6.92 Å². The van der Waals surface area contributed by atoms with Crippen LogP contribution in [0.2, 0.25) is 0 Å². The highest BCUT2D eigenvalue weighted by atomic mass is 32.2. The van der Waals surface area contributed by atoms with Gasteiger partial charge in [-0.1, -0.05) is 17.7 Å². The van der Waals surface area contributed by atoms with Crippen molar-refractivity contribution in [2.75, 3.05) is 13.7 Å². The molecule has 8 nitrogen and oxygen atoms in total. The summed E-state index contributed by atoms with van der Waals surface area (Å²) < 4.78 is 37.1. The van der Waals surface area contributed by atoms with Crippen molar-refractivity contribution < 1.29 is 32.6 Å².